The first-order valence-electron chi connectivity index (χ1n) is 4.97. The highest BCUT2D eigenvalue weighted by atomic mass is 19.1. The summed E-state index contributed by atoms with van der Waals surface area (Å²) in [6.45, 7) is -0.0844. The molecule has 1 rings (SSSR count). The van der Waals surface area contributed by atoms with Gasteiger partial charge in [0.15, 0.2) is 0 Å². The largest absolute Gasteiger partial charge is 0.370 e. The second kappa shape index (κ2) is 6.03. The predicted molar refractivity (Wildman–Crippen MR) is 61.5 cm³/mol. The first-order valence-corrected chi connectivity index (χ1v) is 4.97. The van der Waals surface area contributed by atoms with Crippen LogP contribution in [0.4, 0.5) is 15.8 Å². The number of carbonyl (C=O) groups is 1. The van der Waals surface area contributed by atoms with E-state index in [0.29, 0.717) is 0 Å². The number of nitro benzene ring substituents is 1. The Hall–Kier alpha value is -2.06. The number of rotatable bonds is 5. The summed E-state index contributed by atoms with van der Waals surface area (Å²) in [5.74, 6) is -1.44. The predicted octanol–water partition coefficient (Wildman–Crippen LogP) is 0.646. The lowest BCUT2D eigenvalue weighted by molar-refractivity contribution is -0.384. The third-order valence-corrected chi connectivity index (χ3v) is 2.21. The molecule has 0 spiro atoms. The molecular weight excluding hydrogens is 245 g/mol. The first-order chi connectivity index (χ1) is 8.49. The molecule has 0 aliphatic heterocycles. The highest BCUT2D eigenvalue weighted by Crippen LogP contribution is 2.21. The summed E-state index contributed by atoms with van der Waals surface area (Å²) >= 11 is 0. The van der Waals surface area contributed by atoms with E-state index < -0.39 is 22.8 Å². The van der Waals surface area contributed by atoms with E-state index in [2.05, 4.69) is 5.32 Å². The van der Waals surface area contributed by atoms with Crippen molar-refractivity contribution in [3.8, 4) is 0 Å². The van der Waals surface area contributed by atoms with Gasteiger partial charge in [-0.05, 0) is 6.07 Å². The molecule has 18 heavy (non-hydrogen) atoms. The highest BCUT2D eigenvalue weighted by molar-refractivity contribution is 5.94. The van der Waals surface area contributed by atoms with E-state index in [1.54, 1.807) is 0 Å². The quantitative estimate of drug-likeness (QED) is 0.594. The number of nitrogens with two attached hydrogens (primary N) is 1. The molecule has 0 bridgehead atoms. The van der Waals surface area contributed by atoms with E-state index in [1.807, 2.05) is 0 Å². The average Bonchev–Trinajstić information content (AvgIpc) is 2.33. The Bertz CT molecular complexity index is 462. The van der Waals surface area contributed by atoms with Crippen molar-refractivity contribution in [1.82, 2.24) is 0 Å². The average molecular weight is 257 g/mol. The zero-order valence-electron chi connectivity index (χ0n) is 9.55. The van der Waals surface area contributed by atoms with Crippen LogP contribution in [0.2, 0.25) is 0 Å². The van der Waals surface area contributed by atoms with Gasteiger partial charge in [-0.1, -0.05) is 0 Å². The molecule has 0 saturated carbocycles. The second-order valence-electron chi connectivity index (χ2n) is 3.37. The van der Waals surface area contributed by atoms with Crippen LogP contribution in [0.3, 0.4) is 0 Å². The van der Waals surface area contributed by atoms with E-state index in [0.717, 1.165) is 18.2 Å². The molecule has 1 aromatic carbocycles. The summed E-state index contributed by atoms with van der Waals surface area (Å²) in [7, 11) is 1.28. The number of nitro groups is 1. The van der Waals surface area contributed by atoms with Gasteiger partial charge in [-0.2, -0.15) is 0 Å². The van der Waals surface area contributed by atoms with Crippen LogP contribution >= 0.6 is 0 Å². The van der Waals surface area contributed by atoms with Gasteiger partial charge >= 0.3 is 0 Å². The second-order valence-corrected chi connectivity index (χ2v) is 3.37. The monoisotopic (exact) mass is 257 g/mol. The Kier molecular flexibility index (Phi) is 4.69. The van der Waals surface area contributed by atoms with Gasteiger partial charge in [0, 0.05) is 25.8 Å². The number of methoxy groups -OCH3 is 1. The van der Waals surface area contributed by atoms with Gasteiger partial charge in [-0.25, -0.2) is 4.39 Å². The van der Waals surface area contributed by atoms with Gasteiger partial charge in [-0.15, -0.1) is 0 Å². The smallest absolute Gasteiger partial charge is 0.271 e. The molecule has 1 unspecified atom stereocenters. The summed E-state index contributed by atoms with van der Waals surface area (Å²) in [6, 6.07) is 2.83. The topological polar surface area (TPSA) is 107 Å². The van der Waals surface area contributed by atoms with Gasteiger partial charge in [-0.3, -0.25) is 14.9 Å². The lowest BCUT2D eigenvalue weighted by atomic mass is 10.2. The van der Waals surface area contributed by atoms with Crippen molar-refractivity contribution in [1.29, 1.82) is 0 Å². The number of anilines is 1. The fourth-order valence-electron chi connectivity index (χ4n) is 1.25. The third-order valence-electron chi connectivity index (χ3n) is 2.21. The number of non-ortho nitro benzene ring substituents is 1. The zero-order chi connectivity index (χ0) is 13.7. The van der Waals surface area contributed by atoms with Crippen LogP contribution in [0, 0.1) is 15.9 Å². The molecule has 98 valence electrons. The molecule has 8 heteroatoms. The molecule has 0 radical (unpaired) electrons. The van der Waals surface area contributed by atoms with Crippen LogP contribution in [0.1, 0.15) is 0 Å². The molecule has 7 nitrogen and oxygen atoms in total. The molecule has 1 aromatic rings. The third kappa shape index (κ3) is 3.22. The highest BCUT2D eigenvalue weighted by Gasteiger charge is 2.19. The van der Waals surface area contributed by atoms with E-state index in [9.17, 15) is 19.3 Å². The Morgan fingerprint density at radius 1 is 1.67 bits per heavy atom. The molecule has 0 aliphatic carbocycles. The van der Waals surface area contributed by atoms with Gasteiger partial charge in [0.1, 0.15) is 11.9 Å². The van der Waals surface area contributed by atoms with Crippen molar-refractivity contribution in [3.05, 3.63) is 34.1 Å². The Morgan fingerprint density at radius 3 is 2.83 bits per heavy atom. The van der Waals surface area contributed by atoms with Crippen molar-refractivity contribution in [2.45, 2.75) is 6.10 Å². The number of halogens is 1. The lowest BCUT2D eigenvalue weighted by Crippen LogP contribution is -2.36. The summed E-state index contributed by atoms with van der Waals surface area (Å²) in [5.41, 5.74) is 4.65. The van der Waals surface area contributed by atoms with E-state index in [1.165, 1.54) is 7.11 Å². The number of hydrogen-bond donors (Lipinski definition) is 2. The van der Waals surface area contributed by atoms with Crippen molar-refractivity contribution in [2.24, 2.45) is 5.73 Å². The number of amides is 1. The number of hydrogen-bond acceptors (Lipinski definition) is 5. The van der Waals surface area contributed by atoms with Crippen LogP contribution in [0.25, 0.3) is 0 Å². The molecule has 1 atom stereocenters. The molecule has 0 saturated heterocycles. The van der Waals surface area contributed by atoms with Crippen LogP contribution in [0.15, 0.2) is 18.2 Å². The molecular formula is C10H12FN3O4. The molecule has 0 fully saturated rings. The van der Waals surface area contributed by atoms with E-state index in [-0.39, 0.29) is 17.9 Å². The standard InChI is InChI=1S/C10H12FN3O4/c1-18-9(5-12)10(15)13-8-4-6(14(16)17)2-3-7(8)11/h2-4,9H,5,12H2,1H3,(H,13,15). The fraction of sp³-hybridized carbons (Fsp3) is 0.300. The number of nitrogens with zero attached hydrogens (tertiary/aromatic N) is 1. The number of benzene rings is 1. The zero-order valence-corrected chi connectivity index (χ0v) is 9.55. The summed E-state index contributed by atoms with van der Waals surface area (Å²) < 4.78 is 18.1. The van der Waals surface area contributed by atoms with Crippen molar-refractivity contribution < 1.29 is 18.8 Å². The van der Waals surface area contributed by atoms with E-state index >= 15 is 0 Å². The number of carbonyl (C=O) groups excluding carboxylic acids is 1. The normalized spacial score (nSPS) is 11.9. The SMILES string of the molecule is COC(CN)C(=O)Nc1cc([N+](=O)[O-])ccc1F. The Labute approximate surface area is 102 Å². The van der Waals surface area contributed by atoms with Crippen LogP contribution < -0.4 is 11.1 Å². The van der Waals surface area contributed by atoms with Crippen molar-refractivity contribution >= 4 is 17.3 Å². The van der Waals surface area contributed by atoms with Crippen molar-refractivity contribution in [3.63, 3.8) is 0 Å². The molecule has 0 aliphatic rings. The summed E-state index contributed by atoms with van der Waals surface area (Å²) in [6.07, 6.45) is -0.941. The fourth-order valence-corrected chi connectivity index (χ4v) is 1.25. The van der Waals surface area contributed by atoms with Crippen molar-refractivity contribution in [2.75, 3.05) is 19.0 Å². The lowest BCUT2D eigenvalue weighted by Gasteiger charge is -2.13. The van der Waals surface area contributed by atoms with Crippen LogP contribution in [-0.4, -0.2) is 30.6 Å². The molecule has 3 N–H and O–H groups in total. The minimum absolute atomic E-state index is 0.0844. The van der Waals surface area contributed by atoms with Crippen LogP contribution in [-0.2, 0) is 9.53 Å². The first kappa shape index (κ1) is 14.0. The van der Waals surface area contributed by atoms with Gasteiger partial charge in [0.25, 0.3) is 11.6 Å². The molecule has 0 aromatic heterocycles. The minimum Gasteiger partial charge on any atom is -0.370 e. The van der Waals surface area contributed by atoms with E-state index in [4.69, 9.17) is 10.5 Å². The Balaban J connectivity index is 2.93. The summed E-state index contributed by atoms with van der Waals surface area (Å²) in [4.78, 5) is 21.4. The maximum absolute atomic E-state index is 13.4. The van der Waals surface area contributed by atoms with Gasteiger partial charge < -0.3 is 15.8 Å². The van der Waals surface area contributed by atoms with Gasteiger partial charge in [0.05, 0.1) is 10.6 Å². The molecule has 0 heterocycles. The maximum Gasteiger partial charge on any atom is 0.271 e. The molecule has 1 amide bonds. The maximum atomic E-state index is 13.4. The minimum atomic E-state index is -0.941. The summed E-state index contributed by atoms with van der Waals surface area (Å²) in [5, 5.41) is 12.7. The Morgan fingerprint density at radius 2 is 2.33 bits per heavy atom. The van der Waals surface area contributed by atoms with Crippen LogP contribution in [0.5, 0.6) is 0 Å². The number of ether oxygens (including phenoxy) is 1. The number of nitrogens with one attached hydrogen (secondary N) is 1. The van der Waals surface area contributed by atoms with Gasteiger partial charge in [0.2, 0.25) is 0 Å².